The Kier molecular flexibility index (Phi) is 3.43. The number of carboxylic acids is 1. The van der Waals surface area contributed by atoms with Crippen molar-refractivity contribution in [2.75, 3.05) is 18.5 Å². The minimum absolute atomic E-state index is 0.531. The lowest BCUT2D eigenvalue weighted by Gasteiger charge is -2.41. The van der Waals surface area contributed by atoms with Crippen LogP contribution in [0.4, 0.5) is 5.69 Å². The summed E-state index contributed by atoms with van der Waals surface area (Å²) in [6.45, 7) is 0.582. The molecule has 2 rings (SSSR count). The van der Waals surface area contributed by atoms with Gasteiger partial charge in [0.2, 0.25) is 0 Å². The summed E-state index contributed by atoms with van der Waals surface area (Å²) in [6.07, 6.45) is 2.61. The summed E-state index contributed by atoms with van der Waals surface area (Å²) in [5, 5.41) is 9.30. The largest absolute Gasteiger partial charge is 0.481 e. The van der Waals surface area contributed by atoms with Crippen LogP contribution in [-0.4, -0.2) is 24.7 Å². The molecule has 1 fully saturated rings. The van der Waals surface area contributed by atoms with E-state index >= 15 is 0 Å². The topological polar surface area (TPSA) is 40.5 Å². The predicted molar refractivity (Wildman–Crippen MR) is 71.3 cm³/mol. The minimum atomic E-state index is -0.661. The summed E-state index contributed by atoms with van der Waals surface area (Å²) in [7, 11) is 1.95. The molecule has 1 aromatic rings. The van der Waals surface area contributed by atoms with Crippen LogP contribution in [0.1, 0.15) is 19.3 Å². The lowest BCUT2D eigenvalue weighted by Crippen LogP contribution is -2.46. The van der Waals surface area contributed by atoms with Crippen LogP contribution < -0.4 is 4.90 Å². The van der Waals surface area contributed by atoms with Gasteiger partial charge in [-0.15, -0.1) is 0 Å². The van der Waals surface area contributed by atoms with Gasteiger partial charge in [0, 0.05) is 23.8 Å². The Hall–Kier alpha value is -1.03. The molecule has 1 aliphatic rings. The monoisotopic (exact) mass is 297 g/mol. The Morgan fingerprint density at radius 3 is 2.71 bits per heavy atom. The van der Waals surface area contributed by atoms with Crippen molar-refractivity contribution in [3.05, 3.63) is 28.7 Å². The second kappa shape index (κ2) is 4.69. The van der Waals surface area contributed by atoms with Crippen molar-refractivity contribution in [3.63, 3.8) is 0 Å². The van der Waals surface area contributed by atoms with Crippen LogP contribution >= 0.6 is 15.9 Å². The number of aliphatic carboxylic acids is 1. The summed E-state index contributed by atoms with van der Waals surface area (Å²) in [6, 6.07) is 7.94. The van der Waals surface area contributed by atoms with Crippen LogP contribution in [0, 0.1) is 5.41 Å². The minimum Gasteiger partial charge on any atom is -0.481 e. The molecule has 0 unspecified atom stereocenters. The number of rotatable bonds is 4. The van der Waals surface area contributed by atoms with Crippen molar-refractivity contribution < 1.29 is 9.90 Å². The van der Waals surface area contributed by atoms with Gasteiger partial charge in [-0.3, -0.25) is 4.79 Å². The Balaban J connectivity index is 2.11. The standard InChI is InChI=1S/C13H16BrNO2/c1-15(11-5-2-4-10(14)8-11)9-13(12(16)17)6-3-7-13/h2,4-5,8H,3,6-7,9H2,1H3,(H,16,17). The molecular formula is C13H16BrNO2. The van der Waals surface area contributed by atoms with Crippen molar-refractivity contribution in [1.82, 2.24) is 0 Å². The van der Waals surface area contributed by atoms with E-state index in [1.54, 1.807) is 0 Å². The van der Waals surface area contributed by atoms with Crippen LogP contribution in [0.15, 0.2) is 28.7 Å². The third-order valence-corrected chi connectivity index (χ3v) is 4.05. The van der Waals surface area contributed by atoms with E-state index in [2.05, 4.69) is 15.9 Å². The van der Waals surface area contributed by atoms with E-state index < -0.39 is 11.4 Å². The molecule has 0 amide bonds. The van der Waals surface area contributed by atoms with Gasteiger partial charge in [-0.1, -0.05) is 28.4 Å². The van der Waals surface area contributed by atoms with Gasteiger partial charge in [-0.05, 0) is 31.0 Å². The first-order chi connectivity index (χ1) is 8.03. The van der Waals surface area contributed by atoms with E-state index in [-0.39, 0.29) is 0 Å². The summed E-state index contributed by atoms with van der Waals surface area (Å²) in [5.41, 5.74) is 0.517. The van der Waals surface area contributed by atoms with Crippen molar-refractivity contribution in [2.24, 2.45) is 5.41 Å². The molecule has 0 bridgehead atoms. The van der Waals surface area contributed by atoms with Crippen LogP contribution in [0.3, 0.4) is 0 Å². The first-order valence-electron chi connectivity index (χ1n) is 5.74. The molecule has 17 heavy (non-hydrogen) atoms. The zero-order valence-corrected chi connectivity index (χ0v) is 11.4. The summed E-state index contributed by atoms with van der Waals surface area (Å²) >= 11 is 3.43. The van der Waals surface area contributed by atoms with E-state index in [4.69, 9.17) is 0 Å². The van der Waals surface area contributed by atoms with Gasteiger partial charge in [0.15, 0.2) is 0 Å². The third kappa shape index (κ3) is 2.46. The fourth-order valence-electron chi connectivity index (χ4n) is 2.30. The first kappa shape index (κ1) is 12.4. The molecule has 92 valence electrons. The predicted octanol–water partition coefficient (Wildman–Crippen LogP) is 3.14. The number of carbonyl (C=O) groups is 1. The normalized spacial score (nSPS) is 17.3. The average molecular weight is 298 g/mol. The number of carboxylic acid groups (broad SMARTS) is 1. The van der Waals surface area contributed by atoms with E-state index in [1.807, 2.05) is 36.2 Å². The molecule has 1 N–H and O–H groups in total. The van der Waals surface area contributed by atoms with E-state index in [0.29, 0.717) is 6.54 Å². The molecular weight excluding hydrogens is 282 g/mol. The van der Waals surface area contributed by atoms with Crippen molar-refractivity contribution >= 4 is 27.6 Å². The maximum absolute atomic E-state index is 11.3. The maximum Gasteiger partial charge on any atom is 0.311 e. The van der Waals surface area contributed by atoms with Gasteiger partial charge in [0.05, 0.1) is 5.41 Å². The molecule has 3 nitrogen and oxygen atoms in total. The lowest BCUT2D eigenvalue weighted by molar-refractivity contribution is -0.153. The lowest BCUT2D eigenvalue weighted by atomic mass is 9.68. The Bertz CT molecular complexity index is 429. The van der Waals surface area contributed by atoms with Crippen molar-refractivity contribution in [1.29, 1.82) is 0 Å². The van der Waals surface area contributed by atoms with Crippen LogP contribution in [0.25, 0.3) is 0 Å². The van der Waals surface area contributed by atoms with Crippen LogP contribution in [0.2, 0.25) is 0 Å². The highest BCUT2D eigenvalue weighted by atomic mass is 79.9. The molecule has 0 atom stereocenters. The molecule has 4 heteroatoms. The van der Waals surface area contributed by atoms with Gasteiger partial charge in [-0.25, -0.2) is 0 Å². The average Bonchev–Trinajstić information content (AvgIpc) is 2.22. The Labute approximate surface area is 110 Å². The van der Waals surface area contributed by atoms with Gasteiger partial charge < -0.3 is 10.0 Å². The zero-order chi connectivity index (χ0) is 12.5. The van der Waals surface area contributed by atoms with Gasteiger partial charge >= 0.3 is 5.97 Å². The SMILES string of the molecule is CN(CC1(C(=O)O)CCC1)c1cccc(Br)c1. The highest BCUT2D eigenvalue weighted by Crippen LogP contribution is 2.42. The molecule has 1 saturated carbocycles. The molecule has 0 saturated heterocycles. The smallest absolute Gasteiger partial charge is 0.311 e. The third-order valence-electron chi connectivity index (χ3n) is 3.55. The number of nitrogens with zero attached hydrogens (tertiary/aromatic N) is 1. The highest BCUT2D eigenvalue weighted by molar-refractivity contribution is 9.10. The second-order valence-electron chi connectivity index (χ2n) is 4.77. The molecule has 0 aromatic heterocycles. The quantitative estimate of drug-likeness (QED) is 0.928. The Morgan fingerprint density at radius 2 is 2.24 bits per heavy atom. The number of halogens is 1. The molecule has 1 aromatic carbocycles. The number of hydrogen-bond donors (Lipinski definition) is 1. The summed E-state index contributed by atoms with van der Waals surface area (Å²) in [4.78, 5) is 13.3. The van der Waals surface area contributed by atoms with Crippen molar-refractivity contribution in [3.8, 4) is 0 Å². The van der Waals surface area contributed by atoms with Crippen molar-refractivity contribution in [2.45, 2.75) is 19.3 Å². The van der Waals surface area contributed by atoms with Crippen LogP contribution in [-0.2, 0) is 4.79 Å². The fourth-order valence-corrected chi connectivity index (χ4v) is 2.69. The van der Waals surface area contributed by atoms with Gasteiger partial charge in [-0.2, -0.15) is 0 Å². The molecule has 0 heterocycles. The molecule has 0 spiro atoms. The second-order valence-corrected chi connectivity index (χ2v) is 5.69. The number of hydrogen-bond acceptors (Lipinski definition) is 2. The van der Waals surface area contributed by atoms with E-state index in [9.17, 15) is 9.90 Å². The number of anilines is 1. The molecule has 0 radical (unpaired) electrons. The highest BCUT2D eigenvalue weighted by Gasteiger charge is 2.45. The summed E-state index contributed by atoms with van der Waals surface area (Å²) in [5.74, 6) is -0.661. The van der Waals surface area contributed by atoms with Crippen LogP contribution in [0.5, 0.6) is 0 Å². The van der Waals surface area contributed by atoms with Gasteiger partial charge in [0.25, 0.3) is 0 Å². The zero-order valence-electron chi connectivity index (χ0n) is 9.82. The van der Waals surface area contributed by atoms with E-state index in [1.165, 1.54) is 0 Å². The maximum atomic E-state index is 11.3. The number of benzene rings is 1. The van der Waals surface area contributed by atoms with E-state index in [0.717, 1.165) is 29.4 Å². The van der Waals surface area contributed by atoms with Gasteiger partial charge in [0.1, 0.15) is 0 Å². The molecule has 1 aliphatic carbocycles. The molecule has 0 aliphatic heterocycles. The Morgan fingerprint density at radius 1 is 1.53 bits per heavy atom. The summed E-state index contributed by atoms with van der Waals surface area (Å²) < 4.78 is 1.01. The first-order valence-corrected chi connectivity index (χ1v) is 6.53. The fraction of sp³-hybridized carbons (Fsp3) is 0.462.